The summed E-state index contributed by atoms with van der Waals surface area (Å²) in [5.74, 6) is 0. The summed E-state index contributed by atoms with van der Waals surface area (Å²) in [6, 6.07) is 0.885. The van der Waals surface area contributed by atoms with E-state index in [1.807, 2.05) is 0 Å². The highest BCUT2D eigenvalue weighted by Crippen LogP contribution is 2.43. The molecule has 0 aromatic carbocycles. The van der Waals surface area contributed by atoms with Crippen LogP contribution >= 0.6 is 12.4 Å². The zero-order valence-electron chi connectivity index (χ0n) is 9.50. The molecule has 1 aliphatic carbocycles. The van der Waals surface area contributed by atoms with Crippen LogP contribution in [0.4, 0.5) is 0 Å². The molecule has 1 saturated carbocycles. The Morgan fingerprint density at radius 2 is 1.60 bits per heavy atom. The van der Waals surface area contributed by atoms with Crippen LogP contribution in [0.15, 0.2) is 0 Å². The van der Waals surface area contributed by atoms with Crippen LogP contribution in [0.5, 0.6) is 0 Å². The lowest BCUT2D eigenvalue weighted by Crippen LogP contribution is -2.62. The molecule has 3 heteroatoms. The Morgan fingerprint density at radius 3 is 2.20 bits per heavy atom. The second-order valence-electron chi connectivity index (χ2n) is 5.39. The first-order valence-electron chi connectivity index (χ1n) is 6.38. The van der Waals surface area contributed by atoms with Gasteiger partial charge in [0.25, 0.3) is 0 Å². The molecule has 3 fully saturated rings. The van der Waals surface area contributed by atoms with Gasteiger partial charge in [0, 0.05) is 24.7 Å². The van der Waals surface area contributed by atoms with E-state index in [1.165, 1.54) is 64.6 Å². The lowest BCUT2D eigenvalue weighted by molar-refractivity contribution is 0.0299. The number of nitrogens with one attached hydrogen (secondary N) is 1. The topological polar surface area (TPSA) is 15.3 Å². The molecule has 0 unspecified atom stereocenters. The highest BCUT2D eigenvalue weighted by Gasteiger charge is 2.45. The highest BCUT2D eigenvalue weighted by atomic mass is 35.5. The maximum atomic E-state index is 3.42. The third kappa shape index (κ3) is 1.92. The number of hydrogen-bond acceptors (Lipinski definition) is 2. The maximum Gasteiger partial charge on any atom is 0.0350 e. The van der Waals surface area contributed by atoms with Crippen molar-refractivity contribution in [3.05, 3.63) is 0 Å². The van der Waals surface area contributed by atoms with Crippen molar-refractivity contribution in [1.82, 2.24) is 10.2 Å². The van der Waals surface area contributed by atoms with E-state index in [9.17, 15) is 0 Å². The van der Waals surface area contributed by atoms with Crippen molar-refractivity contribution >= 4 is 12.4 Å². The third-order valence-electron chi connectivity index (χ3n) is 4.64. The average molecular weight is 231 g/mol. The highest BCUT2D eigenvalue weighted by molar-refractivity contribution is 5.85. The van der Waals surface area contributed by atoms with Crippen molar-refractivity contribution in [3.8, 4) is 0 Å². The molecule has 0 radical (unpaired) electrons. The lowest BCUT2D eigenvalue weighted by atomic mass is 9.79. The first-order chi connectivity index (χ1) is 6.91. The standard InChI is InChI=1S/C12H22N2.ClH/c1-2-5-12(6-3-1)7-4-8-14(12)11-9-13-10-11;/h11,13H,1-10H2;1H. The first kappa shape index (κ1) is 11.7. The van der Waals surface area contributed by atoms with Crippen molar-refractivity contribution in [2.24, 2.45) is 0 Å². The van der Waals surface area contributed by atoms with E-state index in [2.05, 4.69) is 10.2 Å². The summed E-state index contributed by atoms with van der Waals surface area (Å²) in [5, 5.41) is 3.42. The van der Waals surface area contributed by atoms with E-state index < -0.39 is 0 Å². The van der Waals surface area contributed by atoms with Crippen LogP contribution in [0.2, 0.25) is 0 Å². The van der Waals surface area contributed by atoms with Gasteiger partial charge in [-0.05, 0) is 32.2 Å². The number of hydrogen-bond donors (Lipinski definition) is 1. The minimum atomic E-state index is 0. The van der Waals surface area contributed by atoms with Gasteiger partial charge in [-0.15, -0.1) is 12.4 Å². The molecule has 3 rings (SSSR count). The van der Waals surface area contributed by atoms with Crippen LogP contribution < -0.4 is 5.32 Å². The summed E-state index contributed by atoms with van der Waals surface area (Å²) in [4.78, 5) is 2.86. The first-order valence-corrected chi connectivity index (χ1v) is 6.38. The van der Waals surface area contributed by atoms with Crippen molar-refractivity contribution in [1.29, 1.82) is 0 Å². The van der Waals surface area contributed by atoms with Gasteiger partial charge in [-0.25, -0.2) is 0 Å². The number of rotatable bonds is 1. The molecule has 2 saturated heterocycles. The molecule has 88 valence electrons. The van der Waals surface area contributed by atoms with Gasteiger partial charge < -0.3 is 5.32 Å². The van der Waals surface area contributed by atoms with Gasteiger partial charge in [0.1, 0.15) is 0 Å². The molecule has 3 aliphatic rings. The Hall–Kier alpha value is 0.210. The zero-order chi connectivity index (χ0) is 9.43. The second-order valence-corrected chi connectivity index (χ2v) is 5.39. The summed E-state index contributed by atoms with van der Waals surface area (Å²) in [6.07, 6.45) is 10.4. The Bertz CT molecular complexity index is 210. The van der Waals surface area contributed by atoms with E-state index in [1.54, 1.807) is 0 Å². The van der Waals surface area contributed by atoms with Crippen molar-refractivity contribution < 1.29 is 0 Å². The van der Waals surface area contributed by atoms with Gasteiger partial charge in [0.2, 0.25) is 0 Å². The van der Waals surface area contributed by atoms with Gasteiger partial charge in [-0.2, -0.15) is 0 Å². The molecule has 2 nitrogen and oxygen atoms in total. The van der Waals surface area contributed by atoms with Gasteiger partial charge in [-0.1, -0.05) is 19.3 Å². The lowest BCUT2D eigenvalue weighted by Gasteiger charge is -2.48. The molecule has 0 bridgehead atoms. The van der Waals surface area contributed by atoms with Crippen molar-refractivity contribution in [3.63, 3.8) is 0 Å². The summed E-state index contributed by atoms with van der Waals surface area (Å²) in [5.41, 5.74) is 0.658. The van der Waals surface area contributed by atoms with Crippen molar-refractivity contribution in [2.45, 2.75) is 56.5 Å². The smallest absolute Gasteiger partial charge is 0.0350 e. The minimum Gasteiger partial charge on any atom is -0.314 e. The fourth-order valence-corrected chi connectivity index (χ4v) is 3.77. The predicted octanol–water partition coefficient (Wildman–Crippen LogP) is 2.18. The normalized spacial score (nSPS) is 31.2. The number of nitrogens with zero attached hydrogens (tertiary/aromatic N) is 1. The Morgan fingerprint density at radius 1 is 0.933 bits per heavy atom. The Labute approximate surface area is 99.2 Å². The van der Waals surface area contributed by atoms with Gasteiger partial charge in [0.05, 0.1) is 0 Å². The predicted molar refractivity (Wildman–Crippen MR) is 65.7 cm³/mol. The van der Waals surface area contributed by atoms with E-state index in [-0.39, 0.29) is 12.4 Å². The van der Waals surface area contributed by atoms with Crippen LogP contribution in [-0.2, 0) is 0 Å². The quantitative estimate of drug-likeness (QED) is 0.743. The molecule has 0 aromatic rings. The van der Waals surface area contributed by atoms with E-state index in [4.69, 9.17) is 0 Å². The van der Waals surface area contributed by atoms with Crippen LogP contribution in [0.25, 0.3) is 0 Å². The fourth-order valence-electron chi connectivity index (χ4n) is 3.77. The summed E-state index contributed by atoms with van der Waals surface area (Å²) in [7, 11) is 0. The van der Waals surface area contributed by atoms with Gasteiger partial charge in [-0.3, -0.25) is 4.90 Å². The number of halogens is 1. The Kier molecular flexibility index (Phi) is 3.59. The molecule has 1 N–H and O–H groups in total. The summed E-state index contributed by atoms with van der Waals surface area (Å²) in [6.45, 7) is 3.88. The van der Waals surface area contributed by atoms with E-state index in [0.717, 1.165) is 6.04 Å². The molecule has 0 atom stereocenters. The Balaban J connectivity index is 0.000000853. The molecule has 1 spiro atoms. The third-order valence-corrected chi connectivity index (χ3v) is 4.64. The monoisotopic (exact) mass is 230 g/mol. The van der Waals surface area contributed by atoms with E-state index >= 15 is 0 Å². The SMILES string of the molecule is C1CCC2(CC1)CCCN2C1CNC1.Cl. The molecule has 2 heterocycles. The molecule has 0 aromatic heterocycles. The summed E-state index contributed by atoms with van der Waals surface area (Å²) < 4.78 is 0. The molecule has 15 heavy (non-hydrogen) atoms. The largest absolute Gasteiger partial charge is 0.314 e. The zero-order valence-corrected chi connectivity index (χ0v) is 10.3. The second kappa shape index (κ2) is 4.60. The molecule has 0 amide bonds. The fraction of sp³-hybridized carbons (Fsp3) is 1.00. The average Bonchev–Trinajstić information content (AvgIpc) is 2.49. The van der Waals surface area contributed by atoms with E-state index in [0.29, 0.717) is 5.54 Å². The van der Waals surface area contributed by atoms with Gasteiger partial charge >= 0.3 is 0 Å². The van der Waals surface area contributed by atoms with Crippen LogP contribution in [0.3, 0.4) is 0 Å². The van der Waals surface area contributed by atoms with Gasteiger partial charge in [0.15, 0.2) is 0 Å². The number of likely N-dealkylation sites (tertiary alicyclic amines) is 1. The molecular weight excluding hydrogens is 208 g/mol. The molecular formula is C12H23ClN2. The minimum absolute atomic E-state index is 0. The van der Waals surface area contributed by atoms with Crippen LogP contribution in [-0.4, -0.2) is 36.1 Å². The van der Waals surface area contributed by atoms with Crippen LogP contribution in [0.1, 0.15) is 44.9 Å². The molecule has 2 aliphatic heterocycles. The summed E-state index contributed by atoms with van der Waals surface area (Å²) >= 11 is 0. The maximum absolute atomic E-state index is 3.42. The van der Waals surface area contributed by atoms with Crippen LogP contribution in [0, 0.1) is 0 Å². The van der Waals surface area contributed by atoms with Crippen molar-refractivity contribution in [2.75, 3.05) is 19.6 Å².